The molecule has 1 fully saturated rings. The van der Waals surface area contributed by atoms with Crippen molar-refractivity contribution in [2.75, 3.05) is 53.6 Å². The zero-order valence-electron chi connectivity index (χ0n) is 13.6. The minimum absolute atomic E-state index is 0.599. The van der Waals surface area contributed by atoms with Gasteiger partial charge in [-0.05, 0) is 25.7 Å². The number of rotatable bonds is 10. The summed E-state index contributed by atoms with van der Waals surface area (Å²) in [7, 11) is 3.89. The van der Waals surface area contributed by atoms with Gasteiger partial charge in [0.05, 0.1) is 13.2 Å². The van der Waals surface area contributed by atoms with Crippen LogP contribution < -0.4 is 5.32 Å². The third kappa shape index (κ3) is 8.07. The quantitative estimate of drug-likeness (QED) is 0.289. The SMILES string of the molecule is C=CCCCN(C)C(=NC)NCCCOCC1CCOC1. The van der Waals surface area contributed by atoms with Gasteiger partial charge in [0.15, 0.2) is 5.96 Å². The maximum absolute atomic E-state index is 5.69. The molecule has 0 aromatic rings. The number of nitrogens with zero attached hydrogens (tertiary/aromatic N) is 2. The Kier molecular flexibility index (Phi) is 9.91. The molecule has 122 valence electrons. The number of aliphatic imine (C=N–C) groups is 1. The number of ether oxygens (including phenoxy) is 2. The third-order valence-electron chi connectivity index (χ3n) is 3.60. The molecule has 0 aliphatic carbocycles. The molecular formula is C16H31N3O2. The van der Waals surface area contributed by atoms with Crippen LogP contribution in [0.25, 0.3) is 0 Å². The highest BCUT2D eigenvalue weighted by Crippen LogP contribution is 2.12. The van der Waals surface area contributed by atoms with Crippen molar-refractivity contribution in [1.82, 2.24) is 10.2 Å². The molecule has 0 amide bonds. The number of hydrogen-bond donors (Lipinski definition) is 1. The number of hydrogen-bond acceptors (Lipinski definition) is 3. The second-order valence-electron chi connectivity index (χ2n) is 5.48. The van der Waals surface area contributed by atoms with Crippen LogP contribution in [-0.4, -0.2) is 64.5 Å². The molecule has 1 unspecified atom stereocenters. The van der Waals surface area contributed by atoms with Crippen molar-refractivity contribution < 1.29 is 9.47 Å². The number of guanidine groups is 1. The van der Waals surface area contributed by atoms with Gasteiger partial charge < -0.3 is 19.7 Å². The lowest BCUT2D eigenvalue weighted by Gasteiger charge is -2.21. The predicted molar refractivity (Wildman–Crippen MR) is 87.8 cm³/mol. The van der Waals surface area contributed by atoms with E-state index in [1.807, 2.05) is 13.1 Å². The minimum Gasteiger partial charge on any atom is -0.381 e. The molecule has 0 spiro atoms. The predicted octanol–water partition coefficient (Wildman–Crippen LogP) is 1.90. The molecule has 0 aromatic heterocycles. The largest absolute Gasteiger partial charge is 0.381 e. The molecule has 1 N–H and O–H groups in total. The van der Waals surface area contributed by atoms with E-state index >= 15 is 0 Å². The van der Waals surface area contributed by atoms with Crippen LogP contribution in [0.2, 0.25) is 0 Å². The van der Waals surface area contributed by atoms with E-state index in [2.05, 4.69) is 28.8 Å². The molecule has 1 saturated heterocycles. The van der Waals surface area contributed by atoms with Gasteiger partial charge in [0.2, 0.25) is 0 Å². The molecule has 1 aliphatic heterocycles. The van der Waals surface area contributed by atoms with Crippen molar-refractivity contribution in [3.8, 4) is 0 Å². The van der Waals surface area contributed by atoms with E-state index in [1.165, 1.54) is 0 Å². The molecule has 1 aliphatic rings. The summed E-state index contributed by atoms with van der Waals surface area (Å²) in [5.41, 5.74) is 0. The Morgan fingerprint density at radius 1 is 1.52 bits per heavy atom. The van der Waals surface area contributed by atoms with Crippen molar-refractivity contribution in [2.45, 2.75) is 25.7 Å². The van der Waals surface area contributed by atoms with Gasteiger partial charge in [-0.25, -0.2) is 0 Å². The van der Waals surface area contributed by atoms with Crippen molar-refractivity contribution >= 4 is 5.96 Å². The summed E-state index contributed by atoms with van der Waals surface area (Å²) in [5, 5.41) is 3.37. The average Bonchev–Trinajstić information content (AvgIpc) is 3.00. The van der Waals surface area contributed by atoms with Crippen molar-refractivity contribution in [3.05, 3.63) is 12.7 Å². The lowest BCUT2D eigenvalue weighted by Crippen LogP contribution is -2.40. The molecule has 5 heteroatoms. The van der Waals surface area contributed by atoms with Crippen LogP contribution in [-0.2, 0) is 9.47 Å². The Morgan fingerprint density at radius 2 is 2.38 bits per heavy atom. The summed E-state index contributed by atoms with van der Waals surface area (Å²) in [4.78, 5) is 6.45. The van der Waals surface area contributed by atoms with Crippen LogP contribution in [0.4, 0.5) is 0 Å². The van der Waals surface area contributed by atoms with Gasteiger partial charge in [0.25, 0.3) is 0 Å². The first-order chi connectivity index (χ1) is 10.3. The highest BCUT2D eigenvalue weighted by Gasteiger charge is 2.15. The Balaban J connectivity index is 2.01. The molecule has 1 heterocycles. The fourth-order valence-corrected chi connectivity index (χ4v) is 2.30. The van der Waals surface area contributed by atoms with Gasteiger partial charge in [-0.15, -0.1) is 6.58 Å². The fraction of sp³-hybridized carbons (Fsp3) is 0.812. The lowest BCUT2D eigenvalue weighted by molar-refractivity contribution is 0.0887. The van der Waals surface area contributed by atoms with Gasteiger partial charge in [-0.1, -0.05) is 6.08 Å². The number of unbranched alkanes of at least 4 members (excludes halogenated alkanes) is 1. The summed E-state index contributed by atoms with van der Waals surface area (Å²) in [6, 6.07) is 0. The monoisotopic (exact) mass is 297 g/mol. The van der Waals surface area contributed by atoms with E-state index in [0.717, 1.165) is 71.2 Å². The van der Waals surface area contributed by atoms with E-state index in [-0.39, 0.29) is 0 Å². The van der Waals surface area contributed by atoms with E-state index < -0.39 is 0 Å². The molecule has 5 nitrogen and oxygen atoms in total. The third-order valence-corrected chi connectivity index (χ3v) is 3.60. The summed E-state index contributed by atoms with van der Waals surface area (Å²) >= 11 is 0. The Bertz CT molecular complexity index is 302. The summed E-state index contributed by atoms with van der Waals surface area (Å²) in [6.45, 7) is 9.00. The number of nitrogens with one attached hydrogen (secondary N) is 1. The van der Waals surface area contributed by atoms with Crippen LogP contribution in [0.1, 0.15) is 25.7 Å². The van der Waals surface area contributed by atoms with Gasteiger partial charge in [-0.3, -0.25) is 4.99 Å². The molecule has 0 aromatic carbocycles. The molecule has 21 heavy (non-hydrogen) atoms. The first kappa shape index (κ1) is 18.0. The van der Waals surface area contributed by atoms with Crippen molar-refractivity contribution in [1.29, 1.82) is 0 Å². The second-order valence-corrected chi connectivity index (χ2v) is 5.48. The zero-order chi connectivity index (χ0) is 15.3. The summed E-state index contributed by atoms with van der Waals surface area (Å²) in [5.74, 6) is 1.55. The first-order valence-corrected chi connectivity index (χ1v) is 7.96. The van der Waals surface area contributed by atoms with Crippen LogP contribution in [0.5, 0.6) is 0 Å². The summed E-state index contributed by atoms with van der Waals surface area (Å²) < 4.78 is 11.0. The topological polar surface area (TPSA) is 46.1 Å². The van der Waals surface area contributed by atoms with Crippen molar-refractivity contribution in [2.24, 2.45) is 10.9 Å². The fourth-order valence-electron chi connectivity index (χ4n) is 2.30. The smallest absolute Gasteiger partial charge is 0.193 e. The lowest BCUT2D eigenvalue weighted by atomic mass is 10.1. The summed E-state index contributed by atoms with van der Waals surface area (Å²) in [6.07, 6.45) is 6.23. The van der Waals surface area contributed by atoms with Gasteiger partial charge in [-0.2, -0.15) is 0 Å². The van der Waals surface area contributed by atoms with E-state index in [9.17, 15) is 0 Å². The maximum atomic E-state index is 5.69. The first-order valence-electron chi connectivity index (χ1n) is 7.96. The van der Waals surface area contributed by atoms with E-state index in [1.54, 1.807) is 0 Å². The molecule has 0 saturated carbocycles. The van der Waals surface area contributed by atoms with Crippen LogP contribution in [0, 0.1) is 5.92 Å². The minimum atomic E-state index is 0.599. The molecule has 1 atom stereocenters. The van der Waals surface area contributed by atoms with Gasteiger partial charge in [0, 0.05) is 46.3 Å². The van der Waals surface area contributed by atoms with Crippen LogP contribution >= 0.6 is 0 Å². The molecular weight excluding hydrogens is 266 g/mol. The van der Waals surface area contributed by atoms with Gasteiger partial charge in [0.1, 0.15) is 0 Å². The second kappa shape index (κ2) is 11.6. The Morgan fingerprint density at radius 3 is 3.05 bits per heavy atom. The molecule has 0 radical (unpaired) electrons. The normalized spacial score (nSPS) is 18.8. The van der Waals surface area contributed by atoms with E-state index in [0.29, 0.717) is 5.92 Å². The Labute approximate surface area is 129 Å². The van der Waals surface area contributed by atoms with E-state index in [4.69, 9.17) is 9.47 Å². The van der Waals surface area contributed by atoms with Crippen molar-refractivity contribution in [3.63, 3.8) is 0 Å². The maximum Gasteiger partial charge on any atom is 0.193 e. The highest BCUT2D eigenvalue weighted by molar-refractivity contribution is 5.79. The molecule has 1 rings (SSSR count). The van der Waals surface area contributed by atoms with Crippen LogP contribution in [0.3, 0.4) is 0 Å². The number of allylic oxidation sites excluding steroid dienone is 1. The van der Waals surface area contributed by atoms with Crippen LogP contribution in [0.15, 0.2) is 17.6 Å². The van der Waals surface area contributed by atoms with Gasteiger partial charge >= 0.3 is 0 Å². The average molecular weight is 297 g/mol. The standard InChI is InChI=1S/C16H31N3O2/c1-4-5-6-10-19(3)16(17-2)18-9-7-11-20-13-15-8-12-21-14-15/h4,15H,1,5-14H2,2-3H3,(H,17,18). The zero-order valence-corrected chi connectivity index (χ0v) is 13.6. The Hall–Kier alpha value is -1.07. The molecule has 0 bridgehead atoms. The highest BCUT2D eigenvalue weighted by atomic mass is 16.5.